The van der Waals surface area contributed by atoms with Crippen molar-refractivity contribution in [2.24, 2.45) is 0 Å². The standard InChI is InChI=1S/C30H32N4O2/c35-27-6-4-17-33(22-27)18-15-25-21-34(29-8-2-1-7-28(25)29)26-12-9-23(10-13-26)11-14-30(36)32-20-24-5-3-16-31-19-24/h1-3,5,7-14,16,19,21,27,35H,4,6,15,17-18,20,22H2,(H,32,36). The summed E-state index contributed by atoms with van der Waals surface area (Å²) in [5.74, 6) is -0.134. The predicted molar refractivity (Wildman–Crippen MR) is 144 cm³/mol. The van der Waals surface area contributed by atoms with Gasteiger partial charge in [0.1, 0.15) is 0 Å². The average Bonchev–Trinajstić information content (AvgIpc) is 3.29. The highest BCUT2D eigenvalue weighted by Crippen LogP contribution is 2.26. The minimum atomic E-state index is -0.195. The van der Waals surface area contributed by atoms with Gasteiger partial charge in [-0.3, -0.25) is 9.78 Å². The number of likely N-dealkylation sites (tertiary alicyclic amines) is 1. The van der Waals surface area contributed by atoms with Crippen LogP contribution < -0.4 is 5.32 Å². The summed E-state index contributed by atoms with van der Waals surface area (Å²) in [5, 5.41) is 14.1. The van der Waals surface area contributed by atoms with E-state index in [1.54, 1.807) is 18.5 Å². The Morgan fingerprint density at radius 3 is 2.78 bits per heavy atom. The molecule has 2 N–H and O–H groups in total. The topological polar surface area (TPSA) is 70.4 Å². The summed E-state index contributed by atoms with van der Waals surface area (Å²) < 4.78 is 2.24. The molecule has 1 atom stereocenters. The van der Waals surface area contributed by atoms with E-state index in [0.717, 1.165) is 55.7 Å². The minimum absolute atomic E-state index is 0.134. The van der Waals surface area contributed by atoms with Crippen LogP contribution in [0.5, 0.6) is 0 Å². The number of benzene rings is 2. The molecule has 1 saturated heterocycles. The smallest absolute Gasteiger partial charge is 0.244 e. The Kier molecular flexibility index (Phi) is 7.55. The number of β-amino-alcohol motifs (C(OH)–C–C–N with tert-alkyl or cyclic N) is 1. The fraction of sp³-hybridized carbons (Fsp3) is 0.267. The molecule has 5 rings (SSSR count). The van der Waals surface area contributed by atoms with Gasteiger partial charge in [0.2, 0.25) is 5.91 Å². The van der Waals surface area contributed by atoms with Gasteiger partial charge in [-0.15, -0.1) is 0 Å². The number of aliphatic hydroxyl groups is 1. The summed E-state index contributed by atoms with van der Waals surface area (Å²) in [4.78, 5) is 18.6. The molecule has 1 amide bonds. The summed E-state index contributed by atoms with van der Waals surface area (Å²) in [7, 11) is 0. The molecular weight excluding hydrogens is 448 g/mol. The van der Waals surface area contributed by atoms with Gasteiger partial charge in [-0.05, 0) is 72.8 Å². The summed E-state index contributed by atoms with van der Waals surface area (Å²) in [6.07, 6.45) is 11.8. The number of carbonyl (C=O) groups excluding carboxylic acids is 1. The van der Waals surface area contributed by atoms with Gasteiger partial charge in [-0.25, -0.2) is 0 Å². The highest BCUT2D eigenvalue weighted by Gasteiger charge is 2.18. The second kappa shape index (κ2) is 11.3. The van der Waals surface area contributed by atoms with E-state index in [-0.39, 0.29) is 12.0 Å². The number of nitrogens with zero attached hydrogens (tertiary/aromatic N) is 3. The van der Waals surface area contributed by atoms with Crippen LogP contribution in [0.2, 0.25) is 0 Å². The van der Waals surface area contributed by atoms with Crippen molar-refractivity contribution in [2.75, 3.05) is 19.6 Å². The maximum Gasteiger partial charge on any atom is 0.244 e. The number of nitrogens with one attached hydrogen (secondary N) is 1. The number of amides is 1. The molecule has 0 spiro atoms. The lowest BCUT2D eigenvalue weighted by Crippen LogP contribution is -2.39. The molecule has 4 aromatic rings. The predicted octanol–water partition coefficient (Wildman–Crippen LogP) is 4.35. The molecule has 1 aliphatic rings. The van der Waals surface area contributed by atoms with Crippen LogP contribution in [-0.2, 0) is 17.8 Å². The molecular formula is C30H32N4O2. The van der Waals surface area contributed by atoms with Crippen LogP contribution >= 0.6 is 0 Å². The maximum atomic E-state index is 12.2. The molecule has 1 aliphatic heterocycles. The first kappa shape index (κ1) is 24.0. The fourth-order valence-corrected chi connectivity index (χ4v) is 4.84. The van der Waals surface area contributed by atoms with Gasteiger partial charge in [0.25, 0.3) is 0 Å². The van der Waals surface area contributed by atoms with E-state index in [9.17, 15) is 9.90 Å². The van der Waals surface area contributed by atoms with E-state index < -0.39 is 0 Å². The molecule has 0 bridgehead atoms. The Bertz CT molecular complexity index is 1330. The zero-order valence-corrected chi connectivity index (χ0v) is 20.4. The lowest BCUT2D eigenvalue weighted by Gasteiger charge is -2.29. The molecule has 6 nitrogen and oxygen atoms in total. The van der Waals surface area contributed by atoms with E-state index in [2.05, 4.69) is 62.4 Å². The first-order valence-electron chi connectivity index (χ1n) is 12.6. The van der Waals surface area contributed by atoms with Crippen molar-refractivity contribution in [3.8, 4) is 5.69 Å². The maximum absolute atomic E-state index is 12.2. The van der Waals surface area contributed by atoms with Crippen LogP contribution in [0.15, 0.2) is 85.3 Å². The lowest BCUT2D eigenvalue weighted by atomic mass is 10.1. The highest BCUT2D eigenvalue weighted by atomic mass is 16.3. The number of hydrogen-bond acceptors (Lipinski definition) is 4. The molecule has 0 radical (unpaired) electrons. The number of fused-ring (bicyclic) bond motifs is 1. The van der Waals surface area contributed by atoms with Crippen LogP contribution in [0.3, 0.4) is 0 Å². The van der Waals surface area contributed by atoms with Gasteiger partial charge < -0.3 is 19.9 Å². The summed E-state index contributed by atoms with van der Waals surface area (Å²) in [6.45, 7) is 3.25. The molecule has 36 heavy (non-hydrogen) atoms. The zero-order chi connectivity index (χ0) is 24.7. The average molecular weight is 481 g/mol. The number of para-hydroxylation sites is 1. The van der Waals surface area contributed by atoms with E-state index in [1.165, 1.54) is 16.5 Å². The molecule has 0 saturated carbocycles. The zero-order valence-electron chi connectivity index (χ0n) is 20.4. The number of aromatic nitrogens is 2. The molecule has 6 heteroatoms. The van der Waals surface area contributed by atoms with E-state index >= 15 is 0 Å². The Morgan fingerprint density at radius 2 is 1.97 bits per heavy atom. The molecule has 1 unspecified atom stereocenters. The van der Waals surface area contributed by atoms with Gasteiger partial charge in [0, 0.05) is 55.4 Å². The second-order valence-corrected chi connectivity index (χ2v) is 9.39. The fourth-order valence-electron chi connectivity index (χ4n) is 4.84. The molecule has 2 aromatic heterocycles. The van der Waals surface area contributed by atoms with Crippen LogP contribution in [-0.4, -0.2) is 51.2 Å². The number of carbonyl (C=O) groups is 1. The quantitative estimate of drug-likeness (QED) is 0.368. The molecule has 3 heterocycles. The van der Waals surface area contributed by atoms with Gasteiger partial charge >= 0.3 is 0 Å². The van der Waals surface area contributed by atoms with E-state index in [1.807, 2.05) is 30.3 Å². The Morgan fingerprint density at radius 1 is 1.11 bits per heavy atom. The number of aliphatic hydroxyl groups excluding tert-OH is 1. The molecule has 1 fully saturated rings. The highest BCUT2D eigenvalue weighted by molar-refractivity contribution is 5.91. The van der Waals surface area contributed by atoms with Crippen molar-refractivity contribution in [1.82, 2.24) is 19.8 Å². The molecule has 0 aliphatic carbocycles. The van der Waals surface area contributed by atoms with Crippen LogP contribution in [0.4, 0.5) is 0 Å². The normalized spacial score (nSPS) is 16.5. The number of hydrogen-bond donors (Lipinski definition) is 2. The Balaban J connectivity index is 1.26. The SMILES string of the molecule is O=C(C=Cc1ccc(-n2cc(CCN3CCCC(O)C3)c3ccccc32)cc1)NCc1cccnc1. The Labute approximate surface area is 211 Å². The van der Waals surface area contributed by atoms with Gasteiger partial charge in [-0.1, -0.05) is 36.4 Å². The van der Waals surface area contributed by atoms with Gasteiger partial charge in [-0.2, -0.15) is 0 Å². The third kappa shape index (κ3) is 5.90. The second-order valence-electron chi connectivity index (χ2n) is 9.39. The van der Waals surface area contributed by atoms with Crippen LogP contribution in [0, 0.1) is 0 Å². The van der Waals surface area contributed by atoms with Gasteiger partial charge in [0.15, 0.2) is 0 Å². The number of pyridine rings is 1. The van der Waals surface area contributed by atoms with Crippen LogP contribution in [0.1, 0.15) is 29.5 Å². The van der Waals surface area contributed by atoms with Crippen molar-refractivity contribution < 1.29 is 9.90 Å². The monoisotopic (exact) mass is 480 g/mol. The van der Waals surface area contributed by atoms with Crippen molar-refractivity contribution in [1.29, 1.82) is 0 Å². The van der Waals surface area contributed by atoms with Crippen molar-refractivity contribution in [3.63, 3.8) is 0 Å². The molecule has 184 valence electrons. The minimum Gasteiger partial charge on any atom is -0.392 e. The first-order chi connectivity index (χ1) is 17.7. The third-order valence-electron chi connectivity index (χ3n) is 6.76. The largest absolute Gasteiger partial charge is 0.392 e. The van der Waals surface area contributed by atoms with Gasteiger partial charge in [0.05, 0.1) is 11.6 Å². The lowest BCUT2D eigenvalue weighted by molar-refractivity contribution is -0.116. The Hall–Kier alpha value is -3.74. The van der Waals surface area contributed by atoms with Crippen molar-refractivity contribution in [2.45, 2.75) is 31.9 Å². The van der Waals surface area contributed by atoms with E-state index in [0.29, 0.717) is 6.54 Å². The van der Waals surface area contributed by atoms with Crippen LogP contribution in [0.25, 0.3) is 22.7 Å². The van der Waals surface area contributed by atoms with Crippen molar-refractivity contribution >= 4 is 22.9 Å². The summed E-state index contributed by atoms with van der Waals surface area (Å²) >= 11 is 0. The number of piperidine rings is 1. The molecule has 2 aromatic carbocycles. The first-order valence-corrected chi connectivity index (χ1v) is 12.6. The number of rotatable bonds is 8. The summed E-state index contributed by atoms with van der Waals surface area (Å²) in [5.41, 5.74) is 5.53. The summed E-state index contributed by atoms with van der Waals surface area (Å²) in [6, 6.07) is 20.5. The third-order valence-corrected chi connectivity index (χ3v) is 6.76. The van der Waals surface area contributed by atoms with Crippen molar-refractivity contribution in [3.05, 3.63) is 102 Å². The van der Waals surface area contributed by atoms with E-state index in [4.69, 9.17) is 0 Å².